The zero-order valence-electron chi connectivity index (χ0n) is 10.1. The van der Waals surface area contributed by atoms with Gasteiger partial charge in [-0.3, -0.25) is 0 Å². The molecule has 1 N–H and O–H groups in total. The van der Waals surface area contributed by atoms with Gasteiger partial charge in [-0.25, -0.2) is 4.39 Å². The quantitative estimate of drug-likeness (QED) is 0.805. The van der Waals surface area contributed by atoms with Crippen LogP contribution < -0.4 is 10.2 Å². The molecule has 0 radical (unpaired) electrons. The van der Waals surface area contributed by atoms with Gasteiger partial charge in [0.25, 0.3) is 0 Å². The second kappa shape index (κ2) is 4.34. The van der Waals surface area contributed by atoms with E-state index in [0.29, 0.717) is 5.56 Å². The third-order valence-corrected chi connectivity index (χ3v) is 3.12. The first-order valence-electron chi connectivity index (χ1n) is 5.72. The molecule has 1 aliphatic heterocycles. The molecular formula is C13H16FN3. The monoisotopic (exact) mass is 233 g/mol. The van der Waals surface area contributed by atoms with Crippen molar-refractivity contribution in [3.05, 3.63) is 29.6 Å². The normalized spacial score (nSPS) is 18.8. The minimum absolute atomic E-state index is 0.0707. The van der Waals surface area contributed by atoms with Gasteiger partial charge in [0, 0.05) is 30.9 Å². The van der Waals surface area contributed by atoms with Crippen molar-refractivity contribution in [1.82, 2.24) is 5.32 Å². The van der Waals surface area contributed by atoms with Crippen LogP contribution >= 0.6 is 0 Å². The van der Waals surface area contributed by atoms with E-state index in [-0.39, 0.29) is 11.4 Å². The SMILES string of the molecule is CC1(C)CNCCN1c1cc(F)cc(C#N)c1. The summed E-state index contributed by atoms with van der Waals surface area (Å²) in [6.07, 6.45) is 0. The molecule has 1 saturated heterocycles. The Morgan fingerprint density at radius 2 is 2.18 bits per heavy atom. The lowest BCUT2D eigenvalue weighted by Crippen LogP contribution is -2.58. The highest BCUT2D eigenvalue weighted by Gasteiger charge is 2.30. The van der Waals surface area contributed by atoms with Gasteiger partial charge >= 0.3 is 0 Å². The van der Waals surface area contributed by atoms with Crippen LogP contribution in [0.15, 0.2) is 18.2 Å². The Bertz CT molecular complexity index is 462. The number of benzene rings is 1. The molecule has 0 amide bonds. The summed E-state index contributed by atoms with van der Waals surface area (Å²) in [6, 6.07) is 6.50. The van der Waals surface area contributed by atoms with Crippen molar-refractivity contribution in [1.29, 1.82) is 5.26 Å². The first-order chi connectivity index (χ1) is 8.03. The predicted octanol–water partition coefficient (Wildman–Crippen LogP) is 1.89. The fraction of sp³-hybridized carbons (Fsp3) is 0.462. The molecule has 0 atom stereocenters. The number of hydrogen-bond donors (Lipinski definition) is 1. The summed E-state index contributed by atoms with van der Waals surface area (Å²) >= 11 is 0. The molecule has 0 bridgehead atoms. The summed E-state index contributed by atoms with van der Waals surface area (Å²) < 4.78 is 13.4. The lowest BCUT2D eigenvalue weighted by Gasteiger charge is -2.44. The van der Waals surface area contributed by atoms with Crippen molar-refractivity contribution in [2.24, 2.45) is 0 Å². The second-order valence-electron chi connectivity index (χ2n) is 4.95. The van der Waals surface area contributed by atoms with Crippen LogP contribution in [-0.4, -0.2) is 25.2 Å². The highest BCUT2D eigenvalue weighted by molar-refractivity contribution is 5.54. The van der Waals surface area contributed by atoms with E-state index in [1.54, 1.807) is 6.07 Å². The fourth-order valence-corrected chi connectivity index (χ4v) is 2.26. The molecule has 17 heavy (non-hydrogen) atoms. The molecule has 0 aromatic heterocycles. The summed E-state index contributed by atoms with van der Waals surface area (Å²) in [5, 5.41) is 12.2. The van der Waals surface area contributed by atoms with E-state index in [0.717, 1.165) is 25.3 Å². The van der Waals surface area contributed by atoms with Crippen molar-refractivity contribution in [3.8, 4) is 6.07 Å². The van der Waals surface area contributed by atoms with Gasteiger partial charge in [-0.15, -0.1) is 0 Å². The third-order valence-electron chi connectivity index (χ3n) is 3.12. The van der Waals surface area contributed by atoms with Gasteiger partial charge < -0.3 is 10.2 Å². The number of halogens is 1. The van der Waals surface area contributed by atoms with Crippen LogP contribution in [0.5, 0.6) is 0 Å². The Hall–Kier alpha value is -1.60. The number of rotatable bonds is 1. The average molecular weight is 233 g/mol. The summed E-state index contributed by atoms with van der Waals surface area (Å²) in [4.78, 5) is 2.15. The third kappa shape index (κ3) is 2.40. The zero-order chi connectivity index (χ0) is 12.5. The smallest absolute Gasteiger partial charge is 0.126 e. The summed E-state index contributed by atoms with van der Waals surface area (Å²) in [5.74, 6) is -0.353. The van der Waals surface area contributed by atoms with Gasteiger partial charge in [0.1, 0.15) is 5.82 Å². The van der Waals surface area contributed by atoms with Gasteiger partial charge in [0.05, 0.1) is 11.6 Å². The van der Waals surface area contributed by atoms with Gasteiger partial charge in [0.2, 0.25) is 0 Å². The number of anilines is 1. The van der Waals surface area contributed by atoms with Crippen LogP contribution in [0.1, 0.15) is 19.4 Å². The Morgan fingerprint density at radius 3 is 2.82 bits per heavy atom. The lowest BCUT2D eigenvalue weighted by atomic mass is 9.98. The first kappa shape index (κ1) is 11.9. The van der Waals surface area contributed by atoms with Crippen molar-refractivity contribution in [2.45, 2.75) is 19.4 Å². The highest BCUT2D eigenvalue weighted by Crippen LogP contribution is 2.26. The first-order valence-corrected chi connectivity index (χ1v) is 5.72. The molecule has 1 fully saturated rings. The van der Waals surface area contributed by atoms with Crippen LogP contribution in [0.25, 0.3) is 0 Å². The van der Waals surface area contributed by atoms with E-state index in [4.69, 9.17) is 5.26 Å². The van der Waals surface area contributed by atoms with Crippen LogP contribution in [0, 0.1) is 17.1 Å². The van der Waals surface area contributed by atoms with Crippen LogP contribution in [0.2, 0.25) is 0 Å². The van der Waals surface area contributed by atoms with Crippen LogP contribution in [0.4, 0.5) is 10.1 Å². The minimum Gasteiger partial charge on any atom is -0.364 e. The van der Waals surface area contributed by atoms with E-state index in [1.807, 2.05) is 6.07 Å². The number of piperazine rings is 1. The predicted molar refractivity (Wildman–Crippen MR) is 65.4 cm³/mol. The Morgan fingerprint density at radius 1 is 1.41 bits per heavy atom. The molecule has 0 spiro atoms. The van der Waals surface area contributed by atoms with Gasteiger partial charge in [-0.1, -0.05) is 0 Å². The van der Waals surface area contributed by atoms with Crippen molar-refractivity contribution in [3.63, 3.8) is 0 Å². The Labute approximate surface area is 101 Å². The Balaban J connectivity index is 2.39. The largest absolute Gasteiger partial charge is 0.364 e. The molecule has 1 heterocycles. The van der Waals surface area contributed by atoms with Crippen LogP contribution in [0.3, 0.4) is 0 Å². The molecule has 2 rings (SSSR count). The van der Waals surface area contributed by atoms with Crippen LogP contribution in [-0.2, 0) is 0 Å². The zero-order valence-corrected chi connectivity index (χ0v) is 10.1. The average Bonchev–Trinajstić information content (AvgIpc) is 2.27. The number of hydrogen-bond acceptors (Lipinski definition) is 3. The maximum absolute atomic E-state index is 13.4. The van der Waals surface area contributed by atoms with Crippen molar-refractivity contribution < 1.29 is 4.39 Å². The second-order valence-corrected chi connectivity index (χ2v) is 4.95. The highest BCUT2D eigenvalue weighted by atomic mass is 19.1. The van der Waals surface area contributed by atoms with Crippen molar-refractivity contribution in [2.75, 3.05) is 24.5 Å². The molecule has 90 valence electrons. The minimum atomic E-state index is -0.353. The molecular weight excluding hydrogens is 217 g/mol. The van der Waals surface area contributed by atoms with E-state index in [2.05, 4.69) is 24.1 Å². The number of nitriles is 1. The van der Waals surface area contributed by atoms with Gasteiger partial charge in [0.15, 0.2) is 0 Å². The summed E-state index contributed by atoms with van der Waals surface area (Å²) in [5.41, 5.74) is 1.08. The molecule has 0 aliphatic carbocycles. The Kier molecular flexibility index (Phi) is 3.03. The topological polar surface area (TPSA) is 39.1 Å². The van der Waals surface area contributed by atoms with Crippen molar-refractivity contribution >= 4 is 5.69 Å². The van der Waals surface area contributed by atoms with E-state index < -0.39 is 0 Å². The van der Waals surface area contributed by atoms with E-state index >= 15 is 0 Å². The van der Waals surface area contributed by atoms with Gasteiger partial charge in [-0.05, 0) is 32.0 Å². The fourth-order valence-electron chi connectivity index (χ4n) is 2.26. The lowest BCUT2D eigenvalue weighted by molar-refractivity contribution is 0.380. The molecule has 0 saturated carbocycles. The number of nitrogens with zero attached hydrogens (tertiary/aromatic N) is 2. The van der Waals surface area contributed by atoms with Gasteiger partial charge in [-0.2, -0.15) is 5.26 Å². The van der Waals surface area contributed by atoms with E-state index in [9.17, 15) is 4.39 Å². The molecule has 1 aromatic rings. The molecule has 4 heteroatoms. The standard InChI is InChI=1S/C13H16FN3/c1-13(2)9-16-3-4-17(13)12-6-10(8-15)5-11(14)7-12/h5-7,16H,3-4,9H2,1-2H3. The molecule has 1 aromatic carbocycles. The molecule has 1 aliphatic rings. The molecule has 3 nitrogen and oxygen atoms in total. The maximum Gasteiger partial charge on any atom is 0.126 e. The molecule has 0 unspecified atom stereocenters. The maximum atomic E-state index is 13.4. The summed E-state index contributed by atoms with van der Waals surface area (Å²) in [6.45, 7) is 6.76. The number of nitrogens with one attached hydrogen (secondary N) is 1. The van der Waals surface area contributed by atoms with E-state index in [1.165, 1.54) is 12.1 Å². The summed E-state index contributed by atoms with van der Waals surface area (Å²) in [7, 11) is 0.